The minimum Gasteiger partial charge on any atom is -0.251 e. The molecule has 4 aliphatic carbocycles. The van der Waals surface area contributed by atoms with Crippen LogP contribution in [0.5, 0.6) is 0 Å². The van der Waals surface area contributed by atoms with E-state index in [9.17, 15) is 17.6 Å². The highest BCUT2D eigenvalue weighted by Gasteiger charge is 2.60. The first-order valence-electron chi connectivity index (χ1n) is 11.3. The molecule has 4 aliphatic rings. The molecule has 0 nitrogen and oxygen atoms in total. The molecule has 0 spiro atoms. The van der Waals surface area contributed by atoms with Crippen LogP contribution >= 0.6 is 0 Å². The van der Waals surface area contributed by atoms with Crippen molar-refractivity contribution in [3.05, 3.63) is 0 Å². The first kappa shape index (κ1) is 20.0. The van der Waals surface area contributed by atoms with Gasteiger partial charge in [0, 0.05) is 6.42 Å². The van der Waals surface area contributed by atoms with E-state index in [2.05, 4.69) is 13.8 Å². The second-order valence-corrected chi connectivity index (χ2v) is 10.9. The van der Waals surface area contributed by atoms with Crippen molar-refractivity contribution in [3.8, 4) is 0 Å². The lowest BCUT2D eigenvalue weighted by Crippen LogP contribution is -2.53. The molecule has 0 aromatic rings. The van der Waals surface area contributed by atoms with Crippen LogP contribution in [-0.2, 0) is 0 Å². The SMILES string of the molecule is CC12CCC3C(CCC4CC(CF)CCC43C)C1CCC2CCC(F)(F)F. The van der Waals surface area contributed by atoms with Gasteiger partial charge in [0.15, 0.2) is 0 Å². The lowest BCUT2D eigenvalue weighted by molar-refractivity contribution is -0.144. The minimum atomic E-state index is -4.02. The Morgan fingerprint density at radius 1 is 0.852 bits per heavy atom. The first-order valence-corrected chi connectivity index (χ1v) is 11.3. The molecule has 0 aromatic heterocycles. The zero-order valence-electron chi connectivity index (χ0n) is 17.0. The predicted octanol–water partition coefficient (Wildman–Crippen LogP) is 7.57. The Kier molecular flexibility index (Phi) is 5.12. The predicted molar refractivity (Wildman–Crippen MR) is 100.0 cm³/mol. The quantitative estimate of drug-likeness (QED) is 0.437. The van der Waals surface area contributed by atoms with Crippen LogP contribution in [0.15, 0.2) is 0 Å². The van der Waals surface area contributed by atoms with Gasteiger partial charge >= 0.3 is 6.18 Å². The van der Waals surface area contributed by atoms with Crippen molar-refractivity contribution >= 4 is 0 Å². The maximum Gasteiger partial charge on any atom is 0.389 e. The van der Waals surface area contributed by atoms with Gasteiger partial charge in [-0.3, -0.25) is 4.39 Å². The largest absolute Gasteiger partial charge is 0.389 e. The van der Waals surface area contributed by atoms with E-state index >= 15 is 0 Å². The number of hydrogen-bond donors (Lipinski definition) is 0. The molecule has 0 N–H and O–H groups in total. The average molecular weight is 389 g/mol. The summed E-state index contributed by atoms with van der Waals surface area (Å²) in [7, 11) is 0. The summed E-state index contributed by atoms with van der Waals surface area (Å²) in [6.45, 7) is 4.63. The molecule has 0 bridgehead atoms. The fourth-order valence-electron chi connectivity index (χ4n) is 8.41. The molecular formula is C23H36F4. The molecule has 0 amide bonds. The van der Waals surface area contributed by atoms with E-state index in [1.807, 2.05) is 0 Å². The summed E-state index contributed by atoms with van der Waals surface area (Å²) in [5.41, 5.74) is 0.464. The number of hydrogen-bond acceptors (Lipinski definition) is 0. The summed E-state index contributed by atoms with van der Waals surface area (Å²) in [4.78, 5) is 0. The molecule has 4 rings (SSSR count). The smallest absolute Gasteiger partial charge is 0.251 e. The van der Waals surface area contributed by atoms with Crippen LogP contribution in [0.25, 0.3) is 0 Å². The van der Waals surface area contributed by atoms with E-state index in [1.54, 1.807) is 0 Å². The Hall–Kier alpha value is -0.280. The molecule has 4 fully saturated rings. The molecule has 4 saturated carbocycles. The van der Waals surface area contributed by atoms with E-state index in [0.717, 1.165) is 44.4 Å². The molecule has 0 aromatic carbocycles. The third-order valence-corrected chi connectivity index (χ3v) is 9.97. The Bertz CT molecular complexity index is 543. The summed E-state index contributed by atoms with van der Waals surface area (Å²) in [6.07, 6.45) is 5.81. The van der Waals surface area contributed by atoms with E-state index < -0.39 is 12.6 Å². The van der Waals surface area contributed by atoms with Gasteiger partial charge in [0.05, 0.1) is 6.67 Å². The van der Waals surface area contributed by atoms with E-state index in [4.69, 9.17) is 0 Å². The third kappa shape index (κ3) is 3.35. The average Bonchev–Trinajstić information content (AvgIpc) is 2.95. The van der Waals surface area contributed by atoms with Crippen molar-refractivity contribution in [2.24, 2.45) is 46.3 Å². The molecule has 0 heterocycles. The standard InChI is InChI=1S/C23H36F4/c1-21-11-9-20-18(19(21)6-4-16(21)8-12-23(25,26)27)5-3-17-13-15(14-24)7-10-22(17,20)2/h15-20H,3-14H2,1-2H3. The molecule has 27 heavy (non-hydrogen) atoms. The molecule has 8 unspecified atom stereocenters. The van der Waals surface area contributed by atoms with Crippen LogP contribution in [0.1, 0.15) is 84.5 Å². The van der Waals surface area contributed by atoms with Crippen molar-refractivity contribution in [2.45, 2.75) is 90.7 Å². The summed E-state index contributed by atoms with van der Waals surface area (Å²) in [6, 6.07) is 0. The third-order valence-electron chi connectivity index (χ3n) is 9.97. The van der Waals surface area contributed by atoms with Gasteiger partial charge in [0.1, 0.15) is 0 Å². The highest BCUT2D eigenvalue weighted by Crippen LogP contribution is 2.68. The van der Waals surface area contributed by atoms with Crippen LogP contribution in [-0.4, -0.2) is 12.9 Å². The highest BCUT2D eigenvalue weighted by molar-refractivity contribution is 5.09. The minimum absolute atomic E-state index is 0.117. The van der Waals surface area contributed by atoms with Crippen molar-refractivity contribution in [2.75, 3.05) is 6.67 Å². The van der Waals surface area contributed by atoms with Gasteiger partial charge in [-0.25, -0.2) is 0 Å². The Labute approximate surface area is 161 Å². The lowest BCUT2D eigenvalue weighted by Gasteiger charge is -2.61. The second kappa shape index (κ2) is 6.90. The van der Waals surface area contributed by atoms with Gasteiger partial charge in [-0.15, -0.1) is 0 Å². The summed E-state index contributed by atoms with van der Waals surface area (Å²) in [5.74, 6) is 3.22. The fourth-order valence-corrected chi connectivity index (χ4v) is 8.41. The topological polar surface area (TPSA) is 0 Å². The Morgan fingerprint density at radius 3 is 2.26 bits per heavy atom. The highest BCUT2D eigenvalue weighted by atomic mass is 19.4. The van der Waals surface area contributed by atoms with Crippen LogP contribution in [0.4, 0.5) is 17.6 Å². The van der Waals surface area contributed by atoms with E-state index in [1.165, 1.54) is 19.3 Å². The van der Waals surface area contributed by atoms with Crippen molar-refractivity contribution in [1.29, 1.82) is 0 Å². The summed E-state index contributed by atoms with van der Waals surface area (Å²) in [5, 5.41) is 0. The molecule has 8 atom stereocenters. The monoisotopic (exact) mass is 388 g/mol. The van der Waals surface area contributed by atoms with Crippen molar-refractivity contribution < 1.29 is 17.6 Å². The Balaban J connectivity index is 1.49. The van der Waals surface area contributed by atoms with Crippen molar-refractivity contribution in [3.63, 3.8) is 0 Å². The molecule has 0 saturated heterocycles. The van der Waals surface area contributed by atoms with E-state index in [0.29, 0.717) is 29.6 Å². The van der Waals surface area contributed by atoms with Gasteiger partial charge in [-0.05, 0) is 111 Å². The lowest BCUT2D eigenvalue weighted by atomic mass is 9.44. The first-order chi connectivity index (χ1) is 12.7. The molecule has 156 valence electrons. The van der Waals surface area contributed by atoms with Gasteiger partial charge in [0.2, 0.25) is 0 Å². The molecule has 4 heteroatoms. The number of halogens is 4. The fraction of sp³-hybridized carbons (Fsp3) is 1.00. The maximum absolute atomic E-state index is 13.2. The van der Waals surface area contributed by atoms with Crippen molar-refractivity contribution in [1.82, 2.24) is 0 Å². The summed E-state index contributed by atoms with van der Waals surface area (Å²) >= 11 is 0. The number of fused-ring (bicyclic) bond motifs is 5. The van der Waals surface area contributed by atoms with Gasteiger partial charge in [0.25, 0.3) is 0 Å². The molecular weight excluding hydrogens is 352 g/mol. The molecule has 0 aliphatic heterocycles. The van der Waals surface area contributed by atoms with Crippen LogP contribution in [0, 0.1) is 46.3 Å². The summed E-state index contributed by atoms with van der Waals surface area (Å²) < 4.78 is 51.6. The van der Waals surface area contributed by atoms with Gasteiger partial charge in [-0.1, -0.05) is 13.8 Å². The Morgan fingerprint density at radius 2 is 1.56 bits per heavy atom. The molecule has 0 radical (unpaired) electrons. The van der Waals surface area contributed by atoms with Crippen LogP contribution in [0.3, 0.4) is 0 Å². The zero-order chi connectivity index (χ0) is 19.4. The van der Waals surface area contributed by atoms with Gasteiger partial charge in [-0.2, -0.15) is 13.2 Å². The number of alkyl halides is 4. The maximum atomic E-state index is 13.2. The van der Waals surface area contributed by atoms with Crippen LogP contribution in [0.2, 0.25) is 0 Å². The van der Waals surface area contributed by atoms with E-state index in [-0.39, 0.29) is 23.9 Å². The second-order valence-electron chi connectivity index (χ2n) is 10.9. The number of rotatable bonds is 3. The van der Waals surface area contributed by atoms with Gasteiger partial charge < -0.3 is 0 Å². The normalized spacial score (nSPS) is 50.0. The van der Waals surface area contributed by atoms with Crippen LogP contribution < -0.4 is 0 Å². The zero-order valence-corrected chi connectivity index (χ0v) is 17.0.